The predicted octanol–water partition coefficient (Wildman–Crippen LogP) is 1.81. The summed E-state index contributed by atoms with van der Waals surface area (Å²) in [4.78, 5) is 24.1. The van der Waals surface area contributed by atoms with Crippen molar-refractivity contribution in [3.63, 3.8) is 0 Å². The molecule has 1 aromatic rings. The zero-order chi connectivity index (χ0) is 14.0. The van der Waals surface area contributed by atoms with Crippen LogP contribution in [0.2, 0.25) is 5.02 Å². The number of nitrogens with two attached hydrogens (primary N) is 1. The first-order valence-corrected chi connectivity index (χ1v) is 6.35. The summed E-state index contributed by atoms with van der Waals surface area (Å²) in [6.07, 6.45) is 1.73. The Hall–Kier alpha value is -1.66. The number of carbonyl (C=O) groups is 1. The van der Waals surface area contributed by atoms with Crippen molar-refractivity contribution < 1.29 is 9.72 Å². The number of nitro benzene ring substituents is 1. The smallest absolute Gasteiger partial charge is 0.271 e. The Morgan fingerprint density at radius 1 is 1.47 bits per heavy atom. The molecule has 1 unspecified atom stereocenters. The highest BCUT2D eigenvalue weighted by Gasteiger charge is 2.24. The molecule has 102 valence electrons. The highest BCUT2D eigenvalue weighted by Crippen LogP contribution is 2.22. The largest absolute Gasteiger partial charge is 0.337 e. The van der Waals surface area contributed by atoms with E-state index in [1.807, 2.05) is 0 Å². The van der Waals surface area contributed by atoms with Crippen LogP contribution in [0.25, 0.3) is 0 Å². The van der Waals surface area contributed by atoms with Crippen LogP contribution in [-0.4, -0.2) is 34.9 Å². The first-order valence-electron chi connectivity index (χ1n) is 5.97. The summed E-state index contributed by atoms with van der Waals surface area (Å²) in [6, 6.07) is 3.87. The average molecular weight is 284 g/mol. The second kappa shape index (κ2) is 5.54. The molecule has 1 atom stereocenters. The second-order valence-electron chi connectivity index (χ2n) is 4.61. The molecule has 2 N–H and O–H groups in total. The van der Waals surface area contributed by atoms with Gasteiger partial charge < -0.3 is 10.6 Å². The maximum absolute atomic E-state index is 12.3. The van der Waals surface area contributed by atoms with Gasteiger partial charge in [0.15, 0.2) is 0 Å². The Morgan fingerprint density at radius 2 is 2.21 bits per heavy atom. The van der Waals surface area contributed by atoms with Gasteiger partial charge in [-0.1, -0.05) is 11.6 Å². The maximum atomic E-state index is 12.3. The third-order valence-electron chi connectivity index (χ3n) is 3.09. The molecule has 0 aliphatic carbocycles. The molecule has 0 aromatic heterocycles. The van der Waals surface area contributed by atoms with Crippen LogP contribution in [0.1, 0.15) is 23.2 Å². The van der Waals surface area contributed by atoms with E-state index in [-0.39, 0.29) is 28.2 Å². The zero-order valence-corrected chi connectivity index (χ0v) is 11.0. The normalized spacial score (nSPS) is 19.3. The van der Waals surface area contributed by atoms with Crippen molar-refractivity contribution in [2.75, 3.05) is 13.1 Å². The Morgan fingerprint density at radius 3 is 2.84 bits per heavy atom. The van der Waals surface area contributed by atoms with Crippen LogP contribution in [0.5, 0.6) is 0 Å². The number of carbonyl (C=O) groups excluding carboxylic acids is 1. The first-order chi connectivity index (χ1) is 8.97. The van der Waals surface area contributed by atoms with Crippen LogP contribution in [-0.2, 0) is 0 Å². The third kappa shape index (κ3) is 3.21. The van der Waals surface area contributed by atoms with E-state index in [0.717, 1.165) is 12.8 Å². The van der Waals surface area contributed by atoms with Crippen LogP contribution in [0.4, 0.5) is 5.69 Å². The Bertz CT molecular complexity index is 521. The summed E-state index contributed by atoms with van der Waals surface area (Å²) >= 11 is 5.81. The van der Waals surface area contributed by atoms with Gasteiger partial charge in [-0.15, -0.1) is 0 Å². The van der Waals surface area contributed by atoms with Gasteiger partial charge >= 0.3 is 0 Å². The number of likely N-dealkylation sites (tertiary alicyclic amines) is 1. The van der Waals surface area contributed by atoms with Gasteiger partial charge in [-0.05, 0) is 18.9 Å². The van der Waals surface area contributed by atoms with Gasteiger partial charge in [-0.25, -0.2) is 0 Å². The van der Waals surface area contributed by atoms with Gasteiger partial charge in [0.1, 0.15) is 0 Å². The second-order valence-corrected chi connectivity index (χ2v) is 5.05. The quantitative estimate of drug-likeness (QED) is 0.662. The van der Waals surface area contributed by atoms with E-state index < -0.39 is 4.92 Å². The average Bonchev–Trinajstić information content (AvgIpc) is 2.37. The maximum Gasteiger partial charge on any atom is 0.271 e. The molecule has 1 saturated heterocycles. The number of hydrogen-bond donors (Lipinski definition) is 1. The van der Waals surface area contributed by atoms with Crippen LogP contribution < -0.4 is 5.73 Å². The van der Waals surface area contributed by atoms with Crippen LogP contribution in [0.3, 0.4) is 0 Å². The van der Waals surface area contributed by atoms with Crippen LogP contribution in [0, 0.1) is 10.1 Å². The van der Waals surface area contributed by atoms with Gasteiger partial charge in [0.25, 0.3) is 11.6 Å². The Balaban J connectivity index is 2.25. The topological polar surface area (TPSA) is 89.5 Å². The standard InChI is InChI=1S/C12H14ClN3O3/c13-9-4-8(5-11(6-9)16(18)19)12(17)15-3-1-2-10(14)7-15/h4-6,10H,1-3,7,14H2. The molecule has 1 aliphatic rings. The minimum Gasteiger partial charge on any atom is -0.337 e. The van der Waals surface area contributed by atoms with Crippen LogP contribution >= 0.6 is 11.6 Å². The van der Waals surface area contributed by atoms with Crippen molar-refractivity contribution in [3.05, 3.63) is 38.9 Å². The van der Waals surface area contributed by atoms with E-state index in [4.69, 9.17) is 17.3 Å². The van der Waals surface area contributed by atoms with Crippen molar-refractivity contribution >= 4 is 23.2 Å². The highest BCUT2D eigenvalue weighted by molar-refractivity contribution is 6.31. The van der Waals surface area contributed by atoms with Crippen molar-refractivity contribution in [3.8, 4) is 0 Å². The van der Waals surface area contributed by atoms with Gasteiger partial charge in [0, 0.05) is 41.9 Å². The molecule has 19 heavy (non-hydrogen) atoms. The van der Waals surface area contributed by atoms with E-state index in [1.54, 1.807) is 4.90 Å². The molecule has 0 bridgehead atoms. The molecule has 7 heteroatoms. The number of benzene rings is 1. The fourth-order valence-electron chi connectivity index (χ4n) is 2.18. The van der Waals surface area contributed by atoms with E-state index in [9.17, 15) is 14.9 Å². The lowest BCUT2D eigenvalue weighted by Crippen LogP contribution is -2.45. The molecule has 0 saturated carbocycles. The van der Waals surface area contributed by atoms with Crippen molar-refractivity contribution in [2.24, 2.45) is 5.73 Å². The molecule has 2 rings (SSSR count). The fraction of sp³-hybridized carbons (Fsp3) is 0.417. The molecule has 0 radical (unpaired) electrons. The minimum absolute atomic E-state index is 0.0353. The summed E-state index contributed by atoms with van der Waals surface area (Å²) in [7, 11) is 0. The molecule has 1 heterocycles. The SMILES string of the molecule is NC1CCCN(C(=O)c2cc(Cl)cc([N+](=O)[O-])c2)C1. The summed E-state index contributed by atoms with van der Waals surface area (Å²) in [5.41, 5.74) is 5.87. The van der Waals surface area contributed by atoms with Crippen molar-refractivity contribution in [2.45, 2.75) is 18.9 Å². The lowest BCUT2D eigenvalue weighted by atomic mass is 10.1. The van der Waals surface area contributed by atoms with Crippen molar-refractivity contribution in [1.29, 1.82) is 0 Å². The summed E-state index contributed by atoms with van der Waals surface area (Å²) in [6.45, 7) is 1.09. The van der Waals surface area contributed by atoms with E-state index in [2.05, 4.69) is 0 Å². The highest BCUT2D eigenvalue weighted by atomic mass is 35.5. The van der Waals surface area contributed by atoms with E-state index >= 15 is 0 Å². The number of non-ortho nitro benzene ring substituents is 1. The fourth-order valence-corrected chi connectivity index (χ4v) is 2.41. The molecule has 1 aromatic carbocycles. The monoisotopic (exact) mass is 283 g/mol. The van der Waals surface area contributed by atoms with Crippen molar-refractivity contribution in [1.82, 2.24) is 4.90 Å². The summed E-state index contributed by atoms with van der Waals surface area (Å²) in [5, 5.41) is 10.9. The number of rotatable bonds is 2. The predicted molar refractivity (Wildman–Crippen MR) is 71.2 cm³/mol. The van der Waals surface area contributed by atoms with Crippen LogP contribution in [0.15, 0.2) is 18.2 Å². The number of nitro groups is 1. The molecular weight excluding hydrogens is 270 g/mol. The van der Waals surface area contributed by atoms with Gasteiger partial charge in [0.05, 0.1) is 4.92 Å². The lowest BCUT2D eigenvalue weighted by molar-refractivity contribution is -0.384. The first kappa shape index (κ1) is 13.8. The number of amides is 1. The lowest BCUT2D eigenvalue weighted by Gasteiger charge is -2.30. The molecular formula is C12H14ClN3O3. The van der Waals surface area contributed by atoms with Gasteiger partial charge in [-0.3, -0.25) is 14.9 Å². The molecule has 1 amide bonds. The molecule has 1 aliphatic heterocycles. The number of nitrogens with zero attached hydrogens (tertiary/aromatic N) is 2. The zero-order valence-electron chi connectivity index (χ0n) is 10.2. The van der Waals surface area contributed by atoms with E-state index in [1.165, 1.54) is 18.2 Å². The summed E-state index contributed by atoms with van der Waals surface area (Å²) < 4.78 is 0. The molecule has 0 spiro atoms. The summed E-state index contributed by atoms with van der Waals surface area (Å²) in [5.74, 6) is -0.263. The van der Waals surface area contributed by atoms with Gasteiger partial charge in [-0.2, -0.15) is 0 Å². The Labute approximate surface area is 115 Å². The molecule has 6 nitrogen and oxygen atoms in total. The number of piperidine rings is 1. The minimum atomic E-state index is -0.565. The third-order valence-corrected chi connectivity index (χ3v) is 3.30. The van der Waals surface area contributed by atoms with Gasteiger partial charge in [0.2, 0.25) is 0 Å². The Kier molecular flexibility index (Phi) is 4.01. The number of hydrogen-bond acceptors (Lipinski definition) is 4. The number of halogens is 1. The molecule has 1 fully saturated rings. The van der Waals surface area contributed by atoms with E-state index in [0.29, 0.717) is 13.1 Å².